The maximum absolute atomic E-state index is 11.8. The Morgan fingerprint density at radius 3 is 2.76 bits per heavy atom. The molecule has 25 heavy (non-hydrogen) atoms. The van der Waals surface area contributed by atoms with Gasteiger partial charge in [0.25, 0.3) is 0 Å². The van der Waals surface area contributed by atoms with Crippen LogP contribution in [0.1, 0.15) is 18.4 Å². The van der Waals surface area contributed by atoms with Gasteiger partial charge in [0, 0.05) is 39.2 Å². The van der Waals surface area contributed by atoms with E-state index in [1.54, 1.807) is 11.8 Å². The average Bonchev–Trinajstić information content (AvgIpc) is 3.04. The molecule has 0 aliphatic rings. The first-order valence-corrected chi connectivity index (χ1v) is 9.68. The molecule has 5 heteroatoms. The molecule has 0 amide bonds. The fourth-order valence-electron chi connectivity index (χ4n) is 2.68. The largest absolute Gasteiger partial charge is 0.465 e. The summed E-state index contributed by atoms with van der Waals surface area (Å²) >= 11 is 7.51. The summed E-state index contributed by atoms with van der Waals surface area (Å²) in [5, 5.41) is 1.96. The van der Waals surface area contributed by atoms with Crippen LogP contribution >= 0.6 is 23.4 Å². The quantitative estimate of drug-likeness (QED) is 0.323. The van der Waals surface area contributed by atoms with Gasteiger partial charge in [-0.15, -0.1) is 11.8 Å². The molecule has 130 valence electrons. The summed E-state index contributed by atoms with van der Waals surface area (Å²) in [6.07, 6.45) is 4.15. The van der Waals surface area contributed by atoms with E-state index in [-0.39, 0.29) is 5.97 Å². The number of nitrogens with one attached hydrogen (secondary N) is 1. The molecule has 0 atom stereocenters. The van der Waals surface area contributed by atoms with E-state index in [0.717, 1.165) is 34.0 Å². The second kappa shape index (κ2) is 8.97. The number of aromatic nitrogens is 1. The zero-order chi connectivity index (χ0) is 17.5. The molecule has 1 aromatic heterocycles. The van der Waals surface area contributed by atoms with Crippen LogP contribution in [0.15, 0.2) is 59.6 Å². The van der Waals surface area contributed by atoms with E-state index >= 15 is 0 Å². The van der Waals surface area contributed by atoms with E-state index in [4.69, 9.17) is 16.3 Å². The Bertz CT molecular complexity index is 829. The van der Waals surface area contributed by atoms with Crippen LogP contribution in [-0.4, -0.2) is 23.3 Å². The molecule has 0 saturated heterocycles. The van der Waals surface area contributed by atoms with Gasteiger partial charge in [-0.3, -0.25) is 4.79 Å². The van der Waals surface area contributed by atoms with Gasteiger partial charge in [0.05, 0.1) is 0 Å². The highest BCUT2D eigenvalue weighted by Gasteiger charge is 2.06. The predicted octanol–water partition coefficient (Wildman–Crippen LogP) is 5.48. The van der Waals surface area contributed by atoms with Crippen LogP contribution in [0.2, 0.25) is 5.02 Å². The summed E-state index contributed by atoms with van der Waals surface area (Å²) in [6.45, 7) is 0.430. The molecule has 3 nitrogen and oxygen atoms in total. The van der Waals surface area contributed by atoms with Gasteiger partial charge >= 0.3 is 5.97 Å². The van der Waals surface area contributed by atoms with Crippen molar-refractivity contribution in [3.05, 3.63) is 65.3 Å². The topological polar surface area (TPSA) is 42.1 Å². The number of esters is 1. The van der Waals surface area contributed by atoms with E-state index in [1.165, 1.54) is 10.9 Å². The third-order valence-electron chi connectivity index (χ3n) is 3.93. The van der Waals surface area contributed by atoms with Crippen LogP contribution < -0.4 is 0 Å². The number of rotatable bonds is 8. The van der Waals surface area contributed by atoms with E-state index in [0.29, 0.717) is 13.0 Å². The van der Waals surface area contributed by atoms with E-state index in [9.17, 15) is 4.79 Å². The molecule has 0 unspecified atom stereocenters. The number of aromatic amines is 1. The number of hydrogen-bond donors (Lipinski definition) is 1. The number of fused-ring (bicyclic) bond motifs is 1. The first kappa shape index (κ1) is 17.9. The van der Waals surface area contributed by atoms with Crippen molar-refractivity contribution in [1.82, 2.24) is 4.98 Å². The smallest absolute Gasteiger partial charge is 0.305 e. The Labute approximate surface area is 156 Å². The summed E-state index contributed by atoms with van der Waals surface area (Å²) in [4.78, 5) is 16.2. The van der Waals surface area contributed by atoms with Crippen molar-refractivity contribution in [3.8, 4) is 0 Å². The molecular weight excluding hydrogens is 354 g/mol. The van der Waals surface area contributed by atoms with E-state index < -0.39 is 0 Å². The number of hydrogen-bond acceptors (Lipinski definition) is 3. The van der Waals surface area contributed by atoms with Gasteiger partial charge in [-0.2, -0.15) is 0 Å². The van der Waals surface area contributed by atoms with E-state index in [2.05, 4.69) is 17.1 Å². The van der Waals surface area contributed by atoms with Crippen molar-refractivity contribution in [1.29, 1.82) is 0 Å². The predicted molar refractivity (Wildman–Crippen MR) is 104 cm³/mol. The van der Waals surface area contributed by atoms with Crippen molar-refractivity contribution in [3.63, 3.8) is 0 Å². The van der Waals surface area contributed by atoms with Gasteiger partial charge in [0.1, 0.15) is 6.61 Å². The van der Waals surface area contributed by atoms with Crippen LogP contribution in [-0.2, 0) is 16.0 Å². The number of carbonyl (C=O) groups excluding carboxylic acids is 1. The molecule has 3 rings (SSSR count). The molecule has 2 aromatic carbocycles. The van der Waals surface area contributed by atoms with Crippen LogP contribution in [0.3, 0.4) is 0 Å². The van der Waals surface area contributed by atoms with Crippen molar-refractivity contribution in [2.24, 2.45) is 0 Å². The summed E-state index contributed by atoms with van der Waals surface area (Å²) in [7, 11) is 0. The van der Waals surface area contributed by atoms with Gasteiger partial charge < -0.3 is 9.72 Å². The Balaban J connectivity index is 1.33. The number of ether oxygens (including phenoxy) is 1. The minimum Gasteiger partial charge on any atom is -0.465 e. The van der Waals surface area contributed by atoms with Gasteiger partial charge in [-0.05, 0) is 48.7 Å². The highest BCUT2D eigenvalue weighted by Crippen LogP contribution is 2.21. The molecule has 0 aliphatic heterocycles. The maximum Gasteiger partial charge on any atom is 0.305 e. The molecule has 0 radical (unpaired) electrons. The summed E-state index contributed by atoms with van der Waals surface area (Å²) in [5.41, 5.74) is 2.39. The number of aryl methyl sites for hydroxylation is 1. The summed E-state index contributed by atoms with van der Waals surface area (Å²) in [5.74, 6) is 0.618. The molecule has 1 heterocycles. The van der Waals surface area contributed by atoms with Gasteiger partial charge in [0.15, 0.2) is 0 Å². The number of halogens is 1. The summed E-state index contributed by atoms with van der Waals surface area (Å²) in [6, 6.07) is 15.9. The maximum atomic E-state index is 11.8. The number of thioether (sulfide) groups is 1. The number of benzene rings is 2. The van der Waals surface area contributed by atoms with Gasteiger partial charge in [-0.25, -0.2) is 0 Å². The second-order valence-electron chi connectivity index (χ2n) is 5.74. The monoisotopic (exact) mass is 373 g/mol. The first-order valence-electron chi connectivity index (χ1n) is 8.31. The fraction of sp³-hybridized carbons (Fsp3) is 0.250. The van der Waals surface area contributed by atoms with Crippen LogP contribution in [0, 0.1) is 0 Å². The Kier molecular flexibility index (Phi) is 6.42. The minimum absolute atomic E-state index is 0.128. The molecule has 0 saturated carbocycles. The number of H-pyrrole nitrogens is 1. The van der Waals surface area contributed by atoms with Crippen molar-refractivity contribution in [2.45, 2.75) is 24.2 Å². The van der Waals surface area contributed by atoms with Crippen molar-refractivity contribution >= 4 is 40.2 Å². The molecule has 3 aromatic rings. The van der Waals surface area contributed by atoms with Crippen LogP contribution in [0.4, 0.5) is 0 Å². The molecule has 0 fully saturated rings. The normalized spacial score (nSPS) is 10.9. The Morgan fingerprint density at radius 2 is 1.92 bits per heavy atom. The molecule has 0 spiro atoms. The van der Waals surface area contributed by atoms with Crippen molar-refractivity contribution < 1.29 is 9.53 Å². The summed E-state index contributed by atoms with van der Waals surface area (Å²) < 4.78 is 5.30. The lowest BCUT2D eigenvalue weighted by atomic mass is 10.1. The molecular formula is C20H20ClNO2S. The zero-order valence-corrected chi connectivity index (χ0v) is 15.4. The van der Waals surface area contributed by atoms with E-state index in [1.807, 2.05) is 42.6 Å². The lowest BCUT2D eigenvalue weighted by Crippen LogP contribution is -2.07. The third kappa shape index (κ3) is 5.28. The van der Waals surface area contributed by atoms with Crippen molar-refractivity contribution in [2.75, 3.05) is 12.4 Å². The second-order valence-corrected chi connectivity index (χ2v) is 7.34. The fourth-order valence-corrected chi connectivity index (χ4v) is 3.54. The lowest BCUT2D eigenvalue weighted by Gasteiger charge is -2.05. The average molecular weight is 374 g/mol. The minimum atomic E-state index is -0.128. The zero-order valence-electron chi connectivity index (χ0n) is 13.8. The van der Waals surface area contributed by atoms with Crippen LogP contribution in [0.5, 0.6) is 0 Å². The standard InChI is InChI=1S/C20H20ClNO2S/c21-16-8-10-17(11-9-16)25-13-12-24-20(23)7-3-4-15-14-22-19-6-2-1-5-18(15)19/h1-2,5-6,8-11,14,22H,3-4,7,12-13H2. The lowest BCUT2D eigenvalue weighted by molar-refractivity contribution is -0.143. The number of para-hydroxylation sites is 1. The highest BCUT2D eigenvalue weighted by atomic mass is 35.5. The first-order chi connectivity index (χ1) is 12.2. The molecule has 1 N–H and O–H groups in total. The Morgan fingerprint density at radius 1 is 1.12 bits per heavy atom. The molecule has 0 bridgehead atoms. The van der Waals surface area contributed by atoms with Gasteiger partial charge in [0.2, 0.25) is 0 Å². The van der Waals surface area contributed by atoms with Crippen LogP contribution in [0.25, 0.3) is 10.9 Å². The third-order valence-corrected chi connectivity index (χ3v) is 5.16. The molecule has 0 aliphatic carbocycles. The Hall–Kier alpha value is -1.91. The van der Waals surface area contributed by atoms with Gasteiger partial charge in [-0.1, -0.05) is 29.8 Å². The number of carbonyl (C=O) groups is 1. The SMILES string of the molecule is O=C(CCCc1c[nH]c2ccccc12)OCCSc1ccc(Cl)cc1. The highest BCUT2D eigenvalue weighted by molar-refractivity contribution is 7.99.